The number of hydrogen-bond acceptors (Lipinski definition) is 2. The number of nitrogens with one attached hydrogen (secondary N) is 2. The van der Waals surface area contributed by atoms with E-state index in [9.17, 15) is 0 Å². The Morgan fingerprint density at radius 2 is 2.45 bits per heavy atom. The molecule has 1 aliphatic rings. The lowest BCUT2D eigenvalue weighted by molar-refractivity contribution is 0.591. The van der Waals surface area contributed by atoms with Crippen LogP contribution < -0.4 is 10.6 Å². The average Bonchev–Trinajstić information content (AvgIpc) is 2.06. The molecule has 1 heterocycles. The van der Waals surface area contributed by atoms with Gasteiger partial charge < -0.3 is 10.6 Å². The number of thiocarbonyl (C=S) groups is 1. The van der Waals surface area contributed by atoms with Gasteiger partial charge in [0.2, 0.25) is 0 Å². The van der Waals surface area contributed by atoms with E-state index in [0.29, 0.717) is 6.04 Å². The minimum absolute atomic E-state index is 0.591. The van der Waals surface area contributed by atoms with Crippen molar-refractivity contribution < 1.29 is 0 Å². The van der Waals surface area contributed by atoms with Crippen molar-refractivity contribution in [1.82, 2.24) is 10.6 Å². The Hall–Kier alpha value is 0.0400. The van der Waals surface area contributed by atoms with Gasteiger partial charge in [-0.05, 0) is 30.8 Å². The van der Waals surface area contributed by atoms with Crippen LogP contribution in [0.3, 0.4) is 0 Å². The van der Waals surface area contributed by atoms with Crippen LogP contribution >= 0.6 is 24.0 Å². The van der Waals surface area contributed by atoms with Crippen molar-refractivity contribution >= 4 is 29.1 Å². The third-order valence-corrected chi connectivity index (χ3v) is 3.26. The molecule has 1 atom stereocenters. The van der Waals surface area contributed by atoms with Crippen LogP contribution in [-0.2, 0) is 0 Å². The zero-order chi connectivity index (χ0) is 8.10. The minimum atomic E-state index is 0.591. The molecule has 1 saturated heterocycles. The molecule has 1 rings (SSSR count). The second-order valence-corrected chi connectivity index (χ2v) is 4.20. The van der Waals surface area contributed by atoms with Gasteiger partial charge in [0.25, 0.3) is 0 Å². The van der Waals surface area contributed by atoms with Crippen LogP contribution in [0.5, 0.6) is 0 Å². The van der Waals surface area contributed by atoms with Gasteiger partial charge in [0.05, 0.1) is 0 Å². The Morgan fingerprint density at radius 3 is 3.00 bits per heavy atom. The molecule has 0 saturated carbocycles. The van der Waals surface area contributed by atoms with E-state index in [1.807, 2.05) is 18.8 Å². The fourth-order valence-electron chi connectivity index (χ4n) is 1.11. The fraction of sp³-hybridized carbons (Fsp3) is 0.857. The van der Waals surface area contributed by atoms with E-state index in [0.717, 1.165) is 5.11 Å². The van der Waals surface area contributed by atoms with Crippen molar-refractivity contribution in [3.63, 3.8) is 0 Å². The highest BCUT2D eigenvalue weighted by Crippen LogP contribution is 2.16. The molecular weight excluding hydrogens is 176 g/mol. The molecule has 1 unspecified atom stereocenters. The van der Waals surface area contributed by atoms with Crippen LogP contribution in [0.15, 0.2) is 0 Å². The van der Waals surface area contributed by atoms with Crippen LogP contribution in [0.4, 0.5) is 0 Å². The largest absolute Gasteiger partial charge is 0.366 e. The zero-order valence-electron chi connectivity index (χ0n) is 6.72. The third kappa shape index (κ3) is 3.29. The van der Waals surface area contributed by atoms with Gasteiger partial charge in [-0.15, -0.1) is 0 Å². The minimum Gasteiger partial charge on any atom is -0.366 e. The van der Waals surface area contributed by atoms with Crippen molar-refractivity contribution in [3.8, 4) is 0 Å². The van der Waals surface area contributed by atoms with Crippen LogP contribution in [0, 0.1) is 0 Å². The highest BCUT2D eigenvalue weighted by atomic mass is 32.2. The van der Waals surface area contributed by atoms with Gasteiger partial charge in [0.15, 0.2) is 5.11 Å². The molecule has 0 aromatic heterocycles. The predicted molar refractivity (Wildman–Crippen MR) is 55.1 cm³/mol. The Balaban J connectivity index is 2.19. The molecule has 2 N–H and O–H groups in total. The van der Waals surface area contributed by atoms with Gasteiger partial charge in [0, 0.05) is 18.8 Å². The highest BCUT2D eigenvalue weighted by molar-refractivity contribution is 7.99. The van der Waals surface area contributed by atoms with Gasteiger partial charge >= 0.3 is 0 Å². The molecule has 0 aliphatic carbocycles. The first-order valence-electron chi connectivity index (χ1n) is 3.89. The van der Waals surface area contributed by atoms with Gasteiger partial charge in [-0.2, -0.15) is 11.8 Å². The van der Waals surface area contributed by atoms with Crippen LogP contribution in [0.25, 0.3) is 0 Å². The van der Waals surface area contributed by atoms with E-state index in [4.69, 9.17) is 12.2 Å². The van der Waals surface area contributed by atoms with Crippen LogP contribution in [0.1, 0.15) is 12.8 Å². The Kier molecular flexibility index (Phi) is 4.01. The normalized spacial score (nSPS) is 24.3. The summed E-state index contributed by atoms with van der Waals surface area (Å²) in [6.45, 7) is 0. The maximum Gasteiger partial charge on any atom is 0.166 e. The van der Waals surface area contributed by atoms with Crippen molar-refractivity contribution in [1.29, 1.82) is 0 Å². The lowest BCUT2D eigenvalue weighted by Gasteiger charge is -2.23. The third-order valence-electron chi connectivity index (χ3n) is 1.72. The molecule has 1 aliphatic heterocycles. The smallest absolute Gasteiger partial charge is 0.166 e. The Morgan fingerprint density at radius 1 is 1.64 bits per heavy atom. The predicted octanol–water partition coefficient (Wildman–Crippen LogP) is 0.976. The monoisotopic (exact) mass is 190 g/mol. The second-order valence-electron chi connectivity index (χ2n) is 2.64. The molecule has 0 aromatic carbocycles. The Labute approximate surface area is 77.5 Å². The summed E-state index contributed by atoms with van der Waals surface area (Å²) < 4.78 is 0. The summed E-state index contributed by atoms with van der Waals surface area (Å²) in [5.74, 6) is 2.51. The summed E-state index contributed by atoms with van der Waals surface area (Å²) in [4.78, 5) is 0. The maximum absolute atomic E-state index is 5.00. The molecule has 2 nitrogen and oxygen atoms in total. The quantitative estimate of drug-likeness (QED) is 0.602. The van der Waals surface area contributed by atoms with Crippen molar-refractivity contribution in [2.24, 2.45) is 0 Å². The second kappa shape index (κ2) is 4.83. The van der Waals surface area contributed by atoms with E-state index in [-0.39, 0.29) is 0 Å². The lowest BCUT2D eigenvalue weighted by atomic mass is 10.2. The van der Waals surface area contributed by atoms with Crippen molar-refractivity contribution in [2.75, 3.05) is 18.6 Å². The van der Waals surface area contributed by atoms with E-state index < -0.39 is 0 Å². The lowest BCUT2D eigenvalue weighted by Crippen LogP contribution is -2.42. The molecule has 4 heteroatoms. The van der Waals surface area contributed by atoms with Gasteiger partial charge in [-0.3, -0.25) is 0 Å². The first kappa shape index (κ1) is 9.13. The number of hydrogen-bond donors (Lipinski definition) is 2. The average molecular weight is 190 g/mol. The highest BCUT2D eigenvalue weighted by Gasteiger charge is 2.13. The summed E-state index contributed by atoms with van der Waals surface area (Å²) in [6, 6.07) is 0.591. The maximum atomic E-state index is 5.00. The standard InChI is InChI=1S/C7H14N2S2/c1-8-7(10)9-6-3-2-4-11-5-6/h6H,2-5H2,1H3,(H2,8,9,10). The summed E-state index contributed by atoms with van der Waals surface area (Å²) in [7, 11) is 1.85. The van der Waals surface area contributed by atoms with E-state index >= 15 is 0 Å². The molecule has 0 radical (unpaired) electrons. The van der Waals surface area contributed by atoms with Crippen molar-refractivity contribution in [3.05, 3.63) is 0 Å². The fourth-order valence-corrected chi connectivity index (χ4v) is 2.35. The zero-order valence-corrected chi connectivity index (χ0v) is 8.36. The number of thioether (sulfide) groups is 1. The van der Waals surface area contributed by atoms with Crippen LogP contribution in [0.2, 0.25) is 0 Å². The van der Waals surface area contributed by atoms with E-state index in [1.54, 1.807) is 0 Å². The molecule has 0 bridgehead atoms. The molecule has 1 fully saturated rings. The summed E-state index contributed by atoms with van der Waals surface area (Å²) >= 11 is 7.01. The number of rotatable bonds is 1. The summed E-state index contributed by atoms with van der Waals surface area (Å²) in [5.41, 5.74) is 0. The molecule has 64 valence electrons. The van der Waals surface area contributed by atoms with E-state index in [1.165, 1.54) is 24.3 Å². The van der Waals surface area contributed by atoms with Crippen molar-refractivity contribution in [2.45, 2.75) is 18.9 Å². The van der Waals surface area contributed by atoms with Gasteiger partial charge in [0.1, 0.15) is 0 Å². The molecular formula is C7H14N2S2. The molecule has 0 spiro atoms. The van der Waals surface area contributed by atoms with E-state index in [2.05, 4.69) is 10.6 Å². The topological polar surface area (TPSA) is 24.1 Å². The van der Waals surface area contributed by atoms with Gasteiger partial charge in [-0.1, -0.05) is 0 Å². The summed E-state index contributed by atoms with van der Waals surface area (Å²) in [6.07, 6.45) is 2.57. The first-order chi connectivity index (χ1) is 5.33. The first-order valence-corrected chi connectivity index (χ1v) is 5.45. The molecule has 0 aromatic rings. The SMILES string of the molecule is CNC(=S)NC1CCCSC1. The van der Waals surface area contributed by atoms with Gasteiger partial charge in [-0.25, -0.2) is 0 Å². The Bertz CT molecular complexity index is 132. The van der Waals surface area contributed by atoms with Crippen LogP contribution in [-0.4, -0.2) is 29.7 Å². The molecule has 0 amide bonds. The molecule has 11 heavy (non-hydrogen) atoms. The summed E-state index contributed by atoms with van der Waals surface area (Å²) in [5, 5.41) is 6.97.